The van der Waals surface area contributed by atoms with Crippen molar-refractivity contribution in [1.29, 1.82) is 0 Å². The van der Waals surface area contributed by atoms with Gasteiger partial charge in [0, 0.05) is 31.2 Å². The van der Waals surface area contributed by atoms with Crippen molar-refractivity contribution in [2.75, 3.05) is 23.3 Å². The van der Waals surface area contributed by atoms with Gasteiger partial charge in [0.15, 0.2) is 11.6 Å². The first-order valence-electron chi connectivity index (χ1n) is 10.0. The fraction of sp³-hybridized carbons (Fsp3) is 0.333. The first-order valence-corrected chi connectivity index (χ1v) is 10.0. The molecule has 168 valence electrons. The van der Waals surface area contributed by atoms with Gasteiger partial charge in [-0.25, -0.2) is 4.98 Å². The quantitative estimate of drug-likeness (QED) is 0.643. The van der Waals surface area contributed by atoms with Crippen molar-refractivity contribution in [2.45, 2.75) is 26.1 Å². The Balaban J connectivity index is 1.37. The van der Waals surface area contributed by atoms with Crippen molar-refractivity contribution in [2.24, 2.45) is 5.92 Å². The Bertz CT molecular complexity index is 1070. The Morgan fingerprint density at radius 2 is 1.84 bits per heavy atom. The summed E-state index contributed by atoms with van der Waals surface area (Å²) in [6, 6.07) is 8.79. The van der Waals surface area contributed by atoms with Gasteiger partial charge in [-0.1, -0.05) is 0 Å². The van der Waals surface area contributed by atoms with Gasteiger partial charge in [-0.2, -0.15) is 0 Å². The first kappa shape index (κ1) is 21.6. The average molecular weight is 446 g/mol. The number of anilines is 2. The number of aromatic nitrogens is 4. The van der Waals surface area contributed by atoms with Crippen LogP contribution in [0.3, 0.4) is 0 Å². The van der Waals surface area contributed by atoms with Crippen LogP contribution >= 0.6 is 0 Å². The number of carbonyl (C=O) groups is 1. The summed E-state index contributed by atoms with van der Waals surface area (Å²) in [5.41, 5.74) is 0.404. The number of hydrogen-bond acceptors (Lipinski definition) is 6. The summed E-state index contributed by atoms with van der Waals surface area (Å²) < 4.78 is 42.5. The van der Waals surface area contributed by atoms with Gasteiger partial charge in [0.05, 0.1) is 5.92 Å². The lowest BCUT2D eigenvalue weighted by atomic mass is 9.97. The zero-order valence-electron chi connectivity index (χ0n) is 17.2. The molecular formula is C21H21F3N6O2. The predicted octanol–water partition coefficient (Wildman–Crippen LogP) is 3.72. The van der Waals surface area contributed by atoms with E-state index in [-0.39, 0.29) is 17.6 Å². The fourth-order valence-corrected chi connectivity index (χ4v) is 3.62. The number of amides is 1. The Morgan fingerprint density at radius 3 is 2.47 bits per heavy atom. The molecule has 1 saturated heterocycles. The molecule has 3 aromatic rings. The van der Waals surface area contributed by atoms with Crippen LogP contribution in [0.15, 0.2) is 48.8 Å². The van der Waals surface area contributed by atoms with Gasteiger partial charge in [0.2, 0.25) is 5.91 Å². The second-order valence-electron chi connectivity index (χ2n) is 7.44. The Hall–Kier alpha value is -3.63. The SMILES string of the molecule is Cc1nccn1-c1ccc(N2CCCC(C(=O)Nc3ccc(OC(F)(F)F)cc3)C2)nn1. The molecule has 1 N–H and O–H groups in total. The van der Waals surface area contributed by atoms with E-state index in [1.165, 1.54) is 12.1 Å². The molecule has 2 aromatic heterocycles. The van der Waals surface area contributed by atoms with Crippen molar-refractivity contribution in [3.63, 3.8) is 0 Å². The first-order chi connectivity index (χ1) is 15.3. The van der Waals surface area contributed by atoms with Crippen LogP contribution in [-0.2, 0) is 4.79 Å². The van der Waals surface area contributed by atoms with E-state index in [1.807, 2.05) is 34.7 Å². The minimum absolute atomic E-state index is 0.196. The maximum Gasteiger partial charge on any atom is 0.573 e. The summed E-state index contributed by atoms with van der Waals surface area (Å²) in [5, 5.41) is 11.3. The summed E-state index contributed by atoms with van der Waals surface area (Å²) in [7, 11) is 0. The zero-order valence-corrected chi connectivity index (χ0v) is 17.2. The van der Waals surface area contributed by atoms with E-state index in [1.54, 1.807) is 6.20 Å². The van der Waals surface area contributed by atoms with E-state index in [2.05, 4.69) is 25.2 Å². The van der Waals surface area contributed by atoms with Gasteiger partial charge in [-0.15, -0.1) is 23.4 Å². The molecule has 4 rings (SSSR count). The van der Waals surface area contributed by atoms with E-state index >= 15 is 0 Å². The Kier molecular flexibility index (Phi) is 5.97. The average Bonchev–Trinajstić information content (AvgIpc) is 3.20. The van der Waals surface area contributed by atoms with Gasteiger partial charge >= 0.3 is 6.36 Å². The van der Waals surface area contributed by atoms with Gasteiger partial charge in [0.25, 0.3) is 0 Å². The number of hydrogen-bond donors (Lipinski definition) is 1. The van der Waals surface area contributed by atoms with Crippen LogP contribution in [0.1, 0.15) is 18.7 Å². The van der Waals surface area contributed by atoms with E-state index in [9.17, 15) is 18.0 Å². The molecule has 0 saturated carbocycles. The number of imidazole rings is 1. The van der Waals surface area contributed by atoms with Crippen LogP contribution in [0, 0.1) is 12.8 Å². The van der Waals surface area contributed by atoms with Crippen molar-refractivity contribution < 1.29 is 22.7 Å². The number of piperidine rings is 1. The van der Waals surface area contributed by atoms with Crippen molar-refractivity contribution in [1.82, 2.24) is 19.7 Å². The van der Waals surface area contributed by atoms with Crippen LogP contribution < -0.4 is 15.0 Å². The number of carbonyl (C=O) groups excluding carboxylic acids is 1. The number of nitrogens with zero attached hydrogens (tertiary/aromatic N) is 5. The van der Waals surface area contributed by atoms with E-state index in [4.69, 9.17) is 0 Å². The summed E-state index contributed by atoms with van der Waals surface area (Å²) in [5.74, 6) is 1.32. The second-order valence-corrected chi connectivity index (χ2v) is 7.44. The second kappa shape index (κ2) is 8.85. The van der Waals surface area contributed by atoms with Gasteiger partial charge in [-0.3, -0.25) is 9.36 Å². The molecular weight excluding hydrogens is 425 g/mol. The third-order valence-electron chi connectivity index (χ3n) is 5.18. The molecule has 1 amide bonds. The maximum absolute atomic E-state index is 12.7. The minimum atomic E-state index is -4.75. The zero-order chi connectivity index (χ0) is 22.7. The molecule has 8 nitrogen and oxygen atoms in total. The third kappa shape index (κ3) is 5.16. The van der Waals surface area contributed by atoms with E-state index in [0.717, 1.165) is 30.9 Å². The van der Waals surface area contributed by atoms with Crippen LogP contribution in [0.2, 0.25) is 0 Å². The summed E-state index contributed by atoms with van der Waals surface area (Å²) >= 11 is 0. The topological polar surface area (TPSA) is 85.2 Å². The lowest BCUT2D eigenvalue weighted by Gasteiger charge is -2.32. The molecule has 1 aliphatic rings. The number of nitrogens with one attached hydrogen (secondary N) is 1. The molecule has 0 radical (unpaired) electrons. The summed E-state index contributed by atoms with van der Waals surface area (Å²) in [6.07, 6.45) is 0.255. The molecule has 1 fully saturated rings. The van der Waals surface area contributed by atoms with Crippen molar-refractivity contribution in [3.8, 4) is 11.6 Å². The molecule has 1 aromatic carbocycles. The smallest absolute Gasteiger partial charge is 0.406 e. The highest BCUT2D eigenvalue weighted by atomic mass is 19.4. The van der Waals surface area contributed by atoms with Crippen LogP contribution in [-0.4, -0.2) is 45.1 Å². The minimum Gasteiger partial charge on any atom is -0.406 e. The summed E-state index contributed by atoms with van der Waals surface area (Å²) in [6.45, 7) is 3.10. The normalized spacial score (nSPS) is 16.6. The maximum atomic E-state index is 12.7. The largest absolute Gasteiger partial charge is 0.573 e. The molecule has 32 heavy (non-hydrogen) atoms. The molecule has 3 heterocycles. The lowest BCUT2D eigenvalue weighted by molar-refractivity contribution is -0.274. The lowest BCUT2D eigenvalue weighted by Crippen LogP contribution is -2.41. The highest BCUT2D eigenvalue weighted by Crippen LogP contribution is 2.26. The number of halogens is 3. The van der Waals surface area contributed by atoms with Crippen LogP contribution in [0.5, 0.6) is 5.75 Å². The molecule has 11 heteroatoms. The third-order valence-corrected chi connectivity index (χ3v) is 5.18. The molecule has 0 bridgehead atoms. The highest BCUT2D eigenvalue weighted by Gasteiger charge is 2.31. The number of rotatable bonds is 5. The number of alkyl halides is 3. The molecule has 1 aliphatic heterocycles. The van der Waals surface area contributed by atoms with E-state index in [0.29, 0.717) is 30.3 Å². The van der Waals surface area contributed by atoms with E-state index < -0.39 is 6.36 Å². The molecule has 0 aliphatic carbocycles. The summed E-state index contributed by atoms with van der Waals surface area (Å²) in [4.78, 5) is 18.9. The monoisotopic (exact) mass is 446 g/mol. The fourth-order valence-electron chi connectivity index (χ4n) is 3.62. The molecule has 0 spiro atoms. The standard InChI is InChI=1S/C21H21F3N6O2/c1-14-25-10-12-30(14)19-9-8-18(27-28-19)29-11-2-3-15(13-29)20(31)26-16-4-6-17(7-5-16)32-21(22,23)24/h4-10,12,15H,2-3,11,13H2,1H3,(H,26,31). The Morgan fingerprint density at radius 1 is 1.12 bits per heavy atom. The number of ether oxygens (including phenoxy) is 1. The Labute approximate surface area is 182 Å². The van der Waals surface area contributed by atoms with Crippen molar-refractivity contribution in [3.05, 3.63) is 54.6 Å². The molecule has 1 unspecified atom stereocenters. The van der Waals surface area contributed by atoms with Crippen LogP contribution in [0.4, 0.5) is 24.7 Å². The number of benzene rings is 1. The predicted molar refractivity (Wildman–Crippen MR) is 111 cm³/mol. The van der Waals surface area contributed by atoms with Gasteiger partial charge in [-0.05, 0) is 56.2 Å². The van der Waals surface area contributed by atoms with Gasteiger partial charge in [0.1, 0.15) is 11.6 Å². The van der Waals surface area contributed by atoms with Crippen molar-refractivity contribution >= 4 is 17.4 Å². The van der Waals surface area contributed by atoms with Crippen LogP contribution in [0.25, 0.3) is 5.82 Å². The van der Waals surface area contributed by atoms with Gasteiger partial charge < -0.3 is 15.0 Å². The number of aryl methyl sites for hydroxylation is 1. The highest BCUT2D eigenvalue weighted by molar-refractivity contribution is 5.93. The molecule has 1 atom stereocenters.